The summed E-state index contributed by atoms with van der Waals surface area (Å²) in [6.07, 6.45) is 4.31. The zero-order chi connectivity index (χ0) is 10.8. The third-order valence-electron chi connectivity index (χ3n) is 2.20. The van der Waals surface area contributed by atoms with Gasteiger partial charge < -0.3 is 9.72 Å². The molecule has 15 heavy (non-hydrogen) atoms. The number of amides is 1. The van der Waals surface area contributed by atoms with Gasteiger partial charge in [0.25, 0.3) is 0 Å². The second-order valence-corrected chi connectivity index (χ2v) is 3.44. The Balaban J connectivity index is 2.46. The van der Waals surface area contributed by atoms with Crippen LogP contribution in [0.5, 0.6) is 0 Å². The molecule has 4 nitrogen and oxygen atoms in total. The maximum atomic E-state index is 11.3. The summed E-state index contributed by atoms with van der Waals surface area (Å²) in [7, 11) is 0. The van der Waals surface area contributed by atoms with Gasteiger partial charge in [-0.2, -0.15) is 0 Å². The van der Waals surface area contributed by atoms with E-state index in [1.807, 2.05) is 42.8 Å². The number of aromatic nitrogens is 2. The van der Waals surface area contributed by atoms with Gasteiger partial charge >= 0.3 is 0 Å². The molecule has 0 radical (unpaired) electrons. The van der Waals surface area contributed by atoms with Crippen molar-refractivity contribution in [2.24, 2.45) is 0 Å². The van der Waals surface area contributed by atoms with Crippen LogP contribution < -0.4 is 5.32 Å². The third kappa shape index (κ3) is 1.83. The molecule has 1 N–H and O–H groups in total. The van der Waals surface area contributed by atoms with Crippen molar-refractivity contribution in [1.29, 1.82) is 0 Å². The van der Waals surface area contributed by atoms with Crippen LogP contribution in [0.4, 0.5) is 5.69 Å². The molecule has 4 heteroatoms. The number of pyridine rings is 1. The number of hydrogen-bond acceptors (Lipinski definition) is 2. The Hall–Kier alpha value is -1.84. The number of fused-ring (bicyclic) bond motifs is 1. The van der Waals surface area contributed by atoms with Crippen molar-refractivity contribution in [1.82, 2.24) is 9.38 Å². The number of rotatable bonds is 2. The molecule has 0 spiro atoms. The van der Waals surface area contributed by atoms with Crippen LogP contribution in [0.3, 0.4) is 0 Å². The molecule has 0 aromatic carbocycles. The Morgan fingerprint density at radius 3 is 3.13 bits per heavy atom. The van der Waals surface area contributed by atoms with Gasteiger partial charge in [0, 0.05) is 18.8 Å². The van der Waals surface area contributed by atoms with Crippen LogP contribution in [0.2, 0.25) is 0 Å². The summed E-state index contributed by atoms with van der Waals surface area (Å²) in [5, 5.41) is 2.83. The summed E-state index contributed by atoms with van der Waals surface area (Å²) in [5.74, 6) is 0.00348. The van der Waals surface area contributed by atoms with Crippen LogP contribution in [0.1, 0.15) is 19.0 Å². The van der Waals surface area contributed by atoms with E-state index in [1.54, 1.807) is 0 Å². The van der Waals surface area contributed by atoms with Gasteiger partial charge in [0.1, 0.15) is 0 Å². The Bertz CT molecular complexity index is 502. The van der Waals surface area contributed by atoms with Crippen LogP contribution in [0.15, 0.2) is 24.5 Å². The summed E-state index contributed by atoms with van der Waals surface area (Å²) >= 11 is 0. The Morgan fingerprint density at radius 2 is 2.40 bits per heavy atom. The molecular weight excluding hydrogens is 190 g/mol. The topological polar surface area (TPSA) is 46.4 Å². The van der Waals surface area contributed by atoms with Gasteiger partial charge in [-0.25, -0.2) is 4.98 Å². The highest BCUT2D eigenvalue weighted by Crippen LogP contribution is 2.16. The van der Waals surface area contributed by atoms with E-state index in [4.69, 9.17) is 0 Å². The summed E-state index contributed by atoms with van der Waals surface area (Å²) in [4.78, 5) is 15.6. The lowest BCUT2D eigenvalue weighted by molar-refractivity contribution is -0.115. The van der Waals surface area contributed by atoms with Crippen molar-refractivity contribution < 1.29 is 4.79 Å². The molecular formula is C11H13N3O. The second kappa shape index (κ2) is 3.73. The largest absolute Gasteiger partial charge is 0.323 e. The number of hydrogen-bond donors (Lipinski definition) is 1. The first-order valence-electron chi connectivity index (χ1n) is 4.95. The van der Waals surface area contributed by atoms with Crippen molar-refractivity contribution in [3.8, 4) is 0 Å². The Morgan fingerprint density at radius 1 is 1.60 bits per heavy atom. The molecule has 0 fully saturated rings. The molecule has 2 aromatic heterocycles. The number of nitrogens with one attached hydrogen (secondary N) is 1. The van der Waals surface area contributed by atoms with Crippen LogP contribution in [0, 0.1) is 6.92 Å². The zero-order valence-corrected chi connectivity index (χ0v) is 8.82. The van der Waals surface area contributed by atoms with Gasteiger partial charge in [-0.05, 0) is 19.1 Å². The molecule has 78 valence electrons. The zero-order valence-electron chi connectivity index (χ0n) is 8.82. The third-order valence-corrected chi connectivity index (χ3v) is 2.20. The fraction of sp³-hybridized carbons (Fsp3) is 0.273. The van der Waals surface area contributed by atoms with Crippen LogP contribution in [-0.4, -0.2) is 15.3 Å². The van der Waals surface area contributed by atoms with Gasteiger partial charge in [-0.3, -0.25) is 4.79 Å². The van der Waals surface area contributed by atoms with E-state index in [9.17, 15) is 4.79 Å². The lowest BCUT2D eigenvalue weighted by Gasteiger charge is -2.04. The van der Waals surface area contributed by atoms with Gasteiger partial charge in [0.05, 0.1) is 11.4 Å². The molecule has 0 aliphatic carbocycles. The molecule has 0 aliphatic heterocycles. The lowest BCUT2D eigenvalue weighted by Crippen LogP contribution is -2.10. The van der Waals surface area contributed by atoms with E-state index in [1.165, 1.54) is 0 Å². The highest BCUT2D eigenvalue weighted by atomic mass is 16.1. The van der Waals surface area contributed by atoms with E-state index >= 15 is 0 Å². The predicted octanol–water partition coefficient (Wildman–Crippen LogP) is 1.99. The standard InChI is InChI=1S/C11H13N3O/c1-3-10(15)13-9-5-4-6-14-7-8(2)12-11(9)14/h4-7H,3H2,1-2H3,(H,13,15). The van der Waals surface area contributed by atoms with Gasteiger partial charge in [0.2, 0.25) is 5.91 Å². The number of anilines is 1. The number of carbonyl (C=O) groups is 1. The second-order valence-electron chi connectivity index (χ2n) is 3.44. The van der Waals surface area contributed by atoms with Gasteiger partial charge in [-0.1, -0.05) is 6.92 Å². The summed E-state index contributed by atoms with van der Waals surface area (Å²) in [6, 6.07) is 3.74. The molecule has 0 saturated carbocycles. The summed E-state index contributed by atoms with van der Waals surface area (Å²) in [6.45, 7) is 3.75. The first-order valence-corrected chi connectivity index (χ1v) is 4.95. The fourth-order valence-electron chi connectivity index (χ4n) is 1.47. The number of aryl methyl sites for hydroxylation is 1. The van der Waals surface area contributed by atoms with E-state index in [0.717, 1.165) is 17.0 Å². The minimum absolute atomic E-state index is 0.00348. The number of nitrogens with zero attached hydrogens (tertiary/aromatic N) is 2. The van der Waals surface area contributed by atoms with Gasteiger partial charge in [-0.15, -0.1) is 0 Å². The minimum Gasteiger partial charge on any atom is -0.323 e. The number of imidazole rings is 1. The van der Waals surface area contributed by atoms with Crippen LogP contribution >= 0.6 is 0 Å². The van der Waals surface area contributed by atoms with Crippen molar-refractivity contribution in [3.05, 3.63) is 30.2 Å². The quantitative estimate of drug-likeness (QED) is 0.811. The molecule has 0 unspecified atom stereocenters. The normalized spacial score (nSPS) is 10.5. The monoisotopic (exact) mass is 203 g/mol. The molecule has 0 saturated heterocycles. The fourth-order valence-corrected chi connectivity index (χ4v) is 1.47. The van der Waals surface area contributed by atoms with Crippen molar-refractivity contribution >= 4 is 17.2 Å². The van der Waals surface area contributed by atoms with Crippen molar-refractivity contribution in [2.75, 3.05) is 5.32 Å². The van der Waals surface area contributed by atoms with Crippen molar-refractivity contribution in [3.63, 3.8) is 0 Å². The van der Waals surface area contributed by atoms with Crippen molar-refractivity contribution in [2.45, 2.75) is 20.3 Å². The SMILES string of the molecule is CCC(=O)Nc1cccn2cc(C)nc12. The van der Waals surface area contributed by atoms with E-state index in [-0.39, 0.29) is 5.91 Å². The van der Waals surface area contributed by atoms with E-state index in [2.05, 4.69) is 10.3 Å². The Labute approximate surface area is 87.9 Å². The molecule has 0 atom stereocenters. The average molecular weight is 203 g/mol. The molecule has 0 aliphatic rings. The maximum Gasteiger partial charge on any atom is 0.224 e. The first-order chi connectivity index (χ1) is 7.20. The van der Waals surface area contributed by atoms with E-state index in [0.29, 0.717) is 6.42 Å². The molecule has 2 heterocycles. The minimum atomic E-state index is 0.00348. The highest BCUT2D eigenvalue weighted by Gasteiger charge is 2.05. The Kier molecular flexibility index (Phi) is 2.41. The predicted molar refractivity (Wildman–Crippen MR) is 58.8 cm³/mol. The number of carbonyl (C=O) groups excluding carboxylic acids is 1. The highest BCUT2D eigenvalue weighted by molar-refractivity contribution is 5.94. The molecule has 0 bridgehead atoms. The van der Waals surface area contributed by atoms with E-state index < -0.39 is 0 Å². The lowest BCUT2D eigenvalue weighted by atomic mass is 10.3. The summed E-state index contributed by atoms with van der Waals surface area (Å²) in [5.41, 5.74) is 2.49. The molecule has 1 amide bonds. The average Bonchev–Trinajstić information content (AvgIpc) is 2.59. The molecule has 2 rings (SSSR count). The first kappa shape index (κ1) is 9.71. The van der Waals surface area contributed by atoms with Crippen LogP contribution in [-0.2, 0) is 4.79 Å². The van der Waals surface area contributed by atoms with Gasteiger partial charge in [0.15, 0.2) is 5.65 Å². The molecule has 2 aromatic rings. The summed E-state index contributed by atoms with van der Waals surface area (Å²) < 4.78 is 1.90. The maximum absolute atomic E-state index is 11.3. The van der Waals surface area contributed by atoms with Crippen LogP contribution in [0.25, 0.3) is 5.65 Å². The smallest absolute Gasteiger partial charge is 0.224 e.